The highest BCUT2D eigenvalue weighted by Gasteiger charge is 2.29. The maximum atomic E-state index is 12.9. The van der Waals surface area contributed by atoms with E-state index in [1.165, 1.54) is 4.31 Å². The first-order chi connectivity index (χ1) is 11.3. The van der Waals surface area contributed by atoms with Gasteiger partial charge in [-0.25, -0.2) is 8.42 Å². The van der Waals surface area contributed by atoms with Crippen molar-refractivity contribution in [1.82, 2.24) is 4.31 Å². The first-order valence-electron chi connectivity index (χ1n) is 7.76. The number of benzene rings is 2. The minimum Gasteiger partial charge on any atom is -0.325 e. The molecule has 0 saturated carbocycles. The molecule has 0 aliphatic carbocycles. The van der Waals surface area contributed by atoms with Gasteiger partial charge in [0.25, 0.3) is 0 Å². The van der Waals surface area contributed by atoms with Crippen molar-refractivity contribution < 1.29 is 13.2 Å². The zero-order chi connectivity index (χ0) is 17.5. The predicted octanol–water partition coefficient (Wildman–Crippen LogP) is 2.87. The molecule has 0 aromatic heterocycles. The van der Waals surface area contributed by atoms with Crippen LogP contribution in [-0.2, 0) is 21.4 Å². The number of rotatable bonds is 4. The monoisotopic (exact) mass is 344 g/mol. The van der Waals surface area contributed by atoms with Gasteiger partial charge in [-0.15, -0.1) is 0 Å². The average molecular weight is 344 g/mol. The molecule has 1 aliphatic rings. The number of nitrogens with zero attached hydrogens (tertiary/aromatic N) is 1. The van der Waals surface area contributed by atoms with E-state index in [0.29, 0.717) is 12.2 Å². The summed E-state index contributed by atoms with van der Waals surface area (Å²) in [6.07, 6.45) is 0. The number of fused-ring (bicyclic) bond motifs is 1. The minimum atomic E-state index is -3.62. The fourth-order valence-electron chi connectivity index (χ4n) is 2.85. The summed E-state index contributed by atoms with van der Waals surface area (Å²) in [7, 11) is -2.05. The summed E-state index contributed by atoms with van der Waals surface area (Å²) < 4.78 is 27.1. The second-order valence-electron chi connectivity index (χ2n) is 6.15. The predicted molar refractivity (Wildman–Crippen MR) is 93.3 cm³/mol. The zero-order valence-corrected chi connectivity index (χ0v) is 14.7. The number of sulfonamides is 1. The Morgan fingerprint density at radius 2 is 1.88 bits per heavy atom. The Balaban J connectivity index is 1.91. The van der Waals surface area contributed by atoms with Gasteiger partial charge in [-0.2, -0.15) is 4.31 Å². The lowest BCUT2D eigenvalue weighted by Gasteiger charge is -2.19. The van der Waals surface area contributed by atoms with Crippen LogP contribution in [0, 0.1) is 6.92 Å². The van der Waals surface area contributed by atoms with Gasteiger partial charge in [-0.05, 0) is 48.7 Å². The van der Waals surface area contributed by atoms with Crippen LogP contribution in [0.3, 0.4) is 0 Å². The molecule has 0 unspecified atom stereocenters. The summed E-state index contributed by atoms with van der Waals surface area (Å²) in [6, 6.07) is 12.5. The van der Waals surface area contributed by atoms with Crippen molar-refractivity contribution in [2.24, 2.45) is 0 Å². The molecule has 6 heteroatoms. The van der Waals surface area contributed by atoms with Crippen molar-refractivity contribution in [2.75, 3.05) is 12.4 Å². The van der Waals surface area contributed by atoms with Gasteiger partial charge in [-0.3, -0.25) is 4.79 Å². The molecule has 126 valence electrons. The van der Waals surface area contributed by atoms with Crippen molar-refractivity contribution in [3.05, 3.63) is 59.2 Å². The van der Waals surface area contributed by atoms with Gasteiger partial charge >= 0.3 is 0 Å². The van der Waals surface area contributed by atoms with E-state index in [0.717, 1.165) is 16.7 Å². The van der Waals surface area contributed by atoms with Crippen LogP contribution in [-0.4, -0.2) is 25.7 Å². The molecule has 5 nitrogen and oxygen atoms in total. The van der Waals surface area contributed by atoms with E-state index in [2.05, 4.69) is 5.32 Å². The summed E-state index contributed by atoms with van der Waals surface area (Å²) in [5.74, 6) is -0.440. The largest absolute Gasteiger partial charge is 0.325 e. The normalized spacial score (nSPS) is 17.0. The highest BCUT2D eigenvalue weighted by atomic mass is 32.2. The molecule has 3 rings (SSSR count). The first-order valence-corrected chi connectivity index (χ1v) is 9.20. The average Bonchev–Trinajstić information content (AvgIpc) is 2.84. The second kappa shape index (κ2) is 6.03. The van der Waals surface area contributed by atoms with Gasteiger partial charge in [0.15, 0.2) is 0 Å². The third kappa shape index (κ3) is 2.83. The topological polar surface area (TPSA) is 66.5 Å². The number of anilines is 1. The SMILES string of the molecule is Cc1ccccc1CN(C)S(=O)(=O)c1ccc2c(c1)[C@@H](C)C(=O)N2. The van der Waals surface area contributed by atoms with Gasteiger partial charge in [0, 0.05) is 19.3 Å². The van der Waals surface area contributed by atoms with Crippen LogP contribution >= 0.6 is 0 Å². The Kier molecular flexibility index (Phi) is 4.19. The molecule has 1 amide bonds. The van der Waals surface area contributed by atoms with Gasteiger partial charge in [0.2, 0.25) is 15.9 Å². The van der Waals surface area contributed by atoms with E-state index in [1.54, 1.807) is 32.2 Å². The van der Waals surface area contributed by atoms with Gasteiger partial charge in [0.05, 0.1) is 10.8 Å². The molecule has 1 aliphatic heterocycles. The molecule has 0 spiro atoms. The smallest absolute Gasteiger partial charge is 0.243 e. The number of hydrogen-bond donors (Lipinski definition) is 1. The Bertz CT molecular complexity index is 906. The molecule has 0 radical (unpaired) electrons. The Labute approximate surface area is 142 Å². The van der Waals surface area contributed by atoms with Crippen molar-refractivity contribution in [3.63, 3.8) is 0 Å². The first kappa shape index (κ1) is 16.7. The number of nitrogens with one attached hydrogen (secondary N) is 1. The van der Waals surface area contributed by atoms with Crippen LogP contribution in [0.5, 0.6) is 0 Å². The maximum absolute atomic E-state index is 12.9. The van der Waals surface area contributed by atoms with Crippen LogP contribution in [0.15, 0.2) is 47.4 Å². The molecule has 1 atom stereocenters. The molecular weight excluding hydrogens is 324 g/mol. The minimum absolute atomic E-state index is 0.104. The fourth-order valence-corrected chi connectivity index (χ4v) is 4.03. The standard InChI is InChI=1S/C18H20N2O3S/c1-12-6-4-5-7-14(12)11-20(3)24(22,23)15-8-9-17-16(10-15)13(2)18(21)19-17/h4-10,13H,11H2,1-3H3,(H,19,21)/t13-/m1/s1. The lowest BCUT2D eigenvalue weighted by Crippen LogP contribution is -2.27. The van der Waals surface area contributed by atoms with E-state index >= 15 is 0 Å². The number of carbonyl (C=O) groups excluding carboxylic acids is 1. The van der Waals surface area contributed by atoms with Crippen LogP contribution in [0.2, 0.25) is 0 Å². The van der Waals surface area contributed by atoms with E-state index in [9.17, 15) is 13.2 Å². The van der Waals surface area contributed by atoms with Gasteiger partial charge < -0.3 is 5.32 Å². The molecular formula is C18H20N2O3S. The highest BCUT2D eigenvalue weighted by Crippen LogP contribution is 2.34. The van der Waals surface area contributed by atoms with Crippen LogP contribution in [0.25, 0.3) is 0 Å². The molecule has 1 N–H and O–H groups in total. The molecule has 2 aromatic rings. The lowest BCUT2D eigenvalue weighted by molar-refractivity contribution is -0.116. The molecule has 0 fully saturated rings. The third-order valence-corrected chi connectivity index (χ3v) is 6.30. The Morgan fingerprint density at radius 1 is 1.17 bits per heavy atom. The van der Waals surface area contributed by atoms with Gasteiger partial charge in [-0.1, -0.05) is 24.3 Å². The lowest BCUT2D eigenvalue weighted by atomic mass is 10.0. The van der Waals surface area contributed by atoms with Gasteiger partial charge in [0.1, 0.15) is 0 Å². The maximum Gasteiger partial charge on any atom is 0.243 e. The number of aryl methyl sites for hydroxylation is 1. The number of carbonyl (C=O) groups is 1. The quantitative estimate of drug-likeness (QED) is 0.927. The van der Waals surface area contributed by atoms with Crippen molar-refractivity contribution >= 4 is 21.6 Å². The molecule has 0 saturated heterocycles. The van der Waals surface area contributed by atoms with E-state index in [4.69, 9.17) is 0 Å². The molecule has 0 bridgehead atoms. The van der Waals surface area contributed by atoms with E-state index in [-0.39, 0.29) is 16.7 Å². The molecule has 1 heterocycles. The zero-order valence-electron chi connectivity index (χ0n) is 13.9. The van der Waals surface area contributed by atoms with Crippen molar-refractivity contribution in [2.45, 2.75) is 31.2 Å². The van der Waals surface area contributed by atoms with Crippen molar-refractivity contribution in [1.29, 1.82) is 0 Å². The summed E-state index contributed by atoms with van der Waals surface area (Å²) >= 11 is 0. The van der Waals surface area contributed by atoms with Crippen LogP contribution in [0.1, 0.15) is 29.5 Å². The van der Waals surface area contributed by atoms with Crippen LogP contribution in [0.4, 0.5) is 5.69 Å². The fraction of sp³-hybridized carbons (Fsp3) is 0.278. The van der Waals surface area contributed by atoms with Crippen molar-refractivity contribution in [3.8, 4) is 0 Å². The van der Waals surface area contributed by atoms with E-state index in [1.807, 2.05) is 31.2 Å². The number of hydrogen-bond acceptors (Lipinski definition) is 3. The summed E-state index contributed by atoms with van der Waals surface area (Å²) in [5, 5.41) is 2.75. The van der Waals surface area contributed by atoms with Crippen LogP contribution < -0.4 is 5.32 Å². The highest BCUT2D eigenvalue weighted by molar-refractivity contribution is 7.89. The summed E-state index contributed by atoms with van der Waals surface area (Å²) in [5.41, 5.74) is 3.44. The third-order valence-electron chi connectivity index (χ3n) is 4.50. The Hall–Kier alpha value is -2.18. The summed E-state index contributed by atoms with van der Waals surface area (Å²) in [4.78, 5) is 11.9. The number of amides is 1. The van der Waals surface area contributed by atoms with E-state index < -0.39 is 10.0 Å². The second-order valence-corrected chi connectivity index (χ2v) is 8.19. The molecule has 24 heavy (non-hydrogen) atoms. The molecule has 2 aromatic carbocycles. The summed E-state index contributed by atoms with van der Waals surface area (Å²) in [6.45, 7) is 4.04. The Morgan fingerprint density at radius 3 is 2.58 bits per heavy atom.